The lowest BCUT2D eigenvalue weighted by molar-refractivity contribution is 0.464. The number of aromatic nitrogens is 2. The van der Waals surface area contributed by atoms with E-state index in [-0.39, 0.29) is 11.8 Å². The van der Waals surface area contributed by atoms with Crippen molar-refractivity contribution in [1.29, 1.82) is 0 Å². The summed E-state index contributed by atoms with van der Waals surface area (Å²) in [5, 5.41) is 14.9. The smallest absolute Gasteiger partial charge is 0.131 e. The molecule has 6 aromatic carbocycles. The Kier molecular flexibility index (Phi) is 8.92. The topological polar surface area (TPSA) is 64.9 Å². The third-order valence-electron chi connectivity index (χ3n) is 12.6. The van der Waals surface area contributed by atoms with Gasteiger partial charge >= 0.3 is 0 Å². The highest BCUT2D eigenvalue weighted by Crippen LogP contribution is 2.46. The van der Waals surface area contributed by atoms with E-state index in [0.29, 0.717) is 0 Å². The fourth-order valence-electron chi connectivity index (χ4n) is 9.99. The molecule has 2 aliphatic heterocycles. The van der Waals surface area contributed by atoms with E-state index >= 15 is 0 Å². The summed E-state index contributed by atoms with van der Waals surface area (Å²) in [5.74, 6) is 2.19. The number of nitrogens with one attached hydrogen (secondary N) is 4. The number of ether oxygens (including phenoxy) is 1. The molecule has 0 spiro atoms. The van der Waals surface area contributed by atoms with Crippen molar-refractivity contribution in [1.82, 2.24) is 20.6 Å². The third-order valence-corrected chi connectivity index (χ3v) is 12.6. The number of aromatic amines is 2. The zero-order chi connectivity index (χ0) is 36.9. The lowest BCUT2D eigenvalue weighted by Crippen LogP contribution is -2.16. The molecular weight excluding hydrogens is 673 g/mol. The molecule has 0 saturated carbocycles. The highest BCUT2D eigenvalue weighted by Gasteiger charge is 2.27. The normalized spacial score (nSPS) is 15.8. The highest BCUT2D eigenvalue weighted by atomic mass is 16.5. The highest BCUT2D eigenvalue weighted by molar-refractivity contribution is 5.92. The number of hydrogen-bond acceptors (Lipinski definition) is 3. The molecule has 0 bridgehead atoms. The van der Waals surface area contributed by atoms with Gasteiger partial charge in [-0.15, -0.1) is 0 Å². The van der Waals surface area contributed by atoms with Crippen LogP contribution in [0, 0.1) is 0 Å². The van der Waals surface area contributed by atoms with Crippen molar-refractivity contribution in [3.8, 4) is 11.5 Å². The Labute approximate surface area is 323 Å². The molecule has 4 N–H and O–H groups in total. The molecule has 10 rings (SSSR count). The van der Waals surface area contributed by atoms with Crippen LogP contribution in [-0.4, -0.2) is 36.1 Å². The molecule has 2 atom stereocenters. The van der Waals surface area contributed by atoms with Gasteiger partial charge < -0.3 is 25.3 Å². The summed E-state index contributed by atoms with van der Waals surface area (Å²) >= 11 is 0. The van der Waals surface area contributed by atoms with Gasteiger partial charge in [-0.3, -0.25) is 0 Å². The molecule has 2 aromatic heterocycles. The minimum absolute atomic E-state index is 0.156. The van der Waals surface area contributed by atoms with E-state index in [9.17, 15) is 0 Å². The molecule has 0 saturated heterocycles. The molecule has 0 aliphatic carbocycles. The zero-order valence-corrected chi connectivity index (χ0v) is 32.0. The van der Waals surface area contributed by atoms with Gasteiger partial charge in [0, 0.05) is 82.1 Å². The molecule has 8 aromatic rings. The van der Waals surface area contributed by atoms with Crippen LogP contribution in [0.4, 0.5) is 0 Å². The molecule has 0 radical (unpaired) electrons. The number of rotatable bonds is 8. The van der Waals surface area contributed by atoms with E-state index in [1.165, 1.54) is 88.1 Å². The Balaban J connectivity index is 1.16. The maximum Gasteiger partial charge on any atom is 0.131 e. The standard InChI is InChI=1S/C50H50N4O/c1-3-35(37-15-9-17-45-49(37)39-19-23-51-25-21-43(39)53-45)41-27-31-11-5-7-13-33(31)29-47(41)55-48-30-34-14-8-6-12-32(34)28-42(48)36(4-2)38-16-10-18-46-50(38)40-20-24-52-26-22-44(40)54-46/h5-18,27-30,35-36,51-54H,3-4,19-26H2,1-2H3. The number of H-pyrrole nitrogens is 2. The van der Waals surface area contributed by atoms with Gasteiger partial charge in [0.05, 0.1) is 0 Å². The molecule has 55 heavy (non-hydrogen) atoms. The fraction of sp³-hybridized carbons (Fsp3) is 0.280. The Morgan fingerprint density at radius 2 is 0.891 bits per heavy atom. The van der Waals surface area contributed by atoms with Crippen molar-refractivity contribution in [2.24, 2.45) is 0 Å². The van der Waals surface area contributed by atoms with E-state index < -0.39 is 0 Å². The Morgan fingerprint density at radius 1 is 0.473 bits per heavy atom. The minimum Gasteiger partial charge on any atom is -0.457 e. The largest absolute Gasteiger partial charge is 0.457 e. The molecule has 4 heterocycles. The van der Waals surface area contributed by atoms with Gasteiger partial charge in [-0.2, -0.15) is 0 Å². The third kappa shape index (κ3) is 6.01. The number of hydrogen-bond donors (Lipinski definition) is 4. The predicted octanol–water partition coefficient (Wildman–Crippen LogP) is 11.2. The van der Waals surface area contributed by atoms with Gasteiger partial charge in [-0.25, -0.2) is 0 Å². The monoisotopic (exact) mass is 722 g/mol. The molecular formula is C50H50N4O. The van der Waals surface area contributed by atoms with Crippen molar-refractivity contribution in [3.05, 3.63) is 154 Å². The lowest BCUT2D eigenvalue weighted by atomic mass is 9.83. The summed E-state index contributed by atoms with van der Waals surface area (Å²) in [6.45, 7) is 8.71. The zero-order valence-electron chi connectivity index (χ0n) is 32.0. The van der Waals surface area contributed by atoms with E-state index in [0.717, 1.165) is 76.2 Å². The lowest BCUT2D eigenvalue weighted by Gasteiger charge is -2.25. The first-order valence-corrected chi connectivity index (χ1v) is 20.6. The second-order valence-electron chi connectivity index (χ2n) is 15.7. The molecule has 5 heteroatoms. The van der Waals surface area contributed by atoms with Crippen LogP contribution in [0.5, 0.6) is 11.5 Å². The molecule has 0 fully saturated rings. The Morgan fingerprint density at radius 3 is 1.33 bits per heavy atom. The molecule has 2 unspecified atom stereocenters. The van der Waals surface area contributed by atoms with Gasteiger partial charge in [-0.1, -0.05) is 86.6 Å². The second kappa shape index (κ2) is 14.4. The van der Waals surface area contributed by atoms with Crippen molar-refractivity contribution in [3.63, 3.8) is 0 Å². The fourth-order valence-corrected chi connectivity index (χ4v) is 9.99. The maximum atomic E-state index is 7.48. The van der Waals surface area contributed by atoms with Gasteiger partial charge in [0.25, 0.3) is 0 Å². The van der Waals surface area contributed by atoms with Crippen molar-refractivity contribution in [2.45, 2.75) is 64.2 Å². The summed E-state index contributed by atoms with van der Waals surface area (Å²) in [4.78, 5) is 7.65. The quantitative estimate of drug-likeness (QED) is 0.126. The summed E-state index contributed by atoms with van der Waals surface area (Å²) in [6, 6.07) is 40.7. The summed E-state index contributed by atoms with van der Waals surface area (Å²) in [6.07, 6.45) is 6.06. The molecule has 5 nitrogen and oxygen atoms in total. The number of benzene rings is 6. The van der Waals surface area contributed by atoms with Gasteiger partial charge in [0.2, 0.25) is 0 Å². The van der Waals surface area contributed by atoms with Gasteiger partial charge in [-0.05, 0) is 119 Å². The van der Waals surface area contributed by atoms with Crippen molar-refractivity contribution < 1.29 is 4.74 Å². The van der Waals surface area contributed by atoms with Crippen LogP contribution in [0.1, 0.15) is 83.3 Å². The summed E-state index contributed by atoms with van der Waals surface area (Å²) in [7, 11) is 0. The first-order chi connectivity index (χ1) is 27.2. The van der Waals surface area contributed by atoms with Crippen molar-refractivity contribution in [2.75, 3.05) is 26.2 Å². The van der Waals surface area contributed by atoms with Crippen LogP contribution in [0.3, 0.4) is 0 Å². The van der Waals surface area contributed by atoms with Crippen molar-refractivity contribution >= 4 is 43.4 Å². The van der Waals surface area contributed by atoms with Crippen LogP contribution >= 0.6 is 0 Å². The first-order valence-electron chi connectivity index (χ1n) is 20.6. The number of fused-ring (bicyclic) bond motifs is 8. The second-order valence-corrected chi connectivity index (χ2v) is 15.7. The van der Waals surface area contributed by atoms with Crippen LogP contribution in [-0.2, 0) is 25.7 Å². The summed E-state index contributed by atoms with van der Waals surface area (Å²) < 4.78 is 7.48. The van der Waals surface area contributed by atoms with E-state index in [1.807, 2.05) is 0 Å². The van der Waals surface area contributed by atoms with Crippen LogP contribution in [0.25, 0.3) is 43.4 Å². The molecule has 0 amide bonds. The Hall–Kier alpha value is -5.36. The molecule has 276 valence electrons. The van der Waals surface area contributed by atoms with Gasteiger partial charge in [0.1, 0.15) is 11.5 Å². The SMILES string of the molecule is CCC(c1cc2ccccc2cc1Oc1cc2ccccc2cc1C(CC)c1cccc2[nH]c3c(c12)CCNCC3)c1cccc2[nH]c3c(c12)CCNCC3. The van der Waals surface area contributed by atoms with E-state index in [4.69, 9.17) is 4.74 Å². The predicted molar refractivity (Wildman–Crippen MR) is 229 cm³/mol. The first kappa shape index (κ1) is 34.2. The minimum atomic E-state index is 0.156. The van der Waals surface area contributed by atoms with E-state index in [2.05, 4.69) is 144 Å². The van der Waals surface area contributed by atoms with Crippen LogP contribution < -0.4 is 15.4 Å². The average molecular weight is 723 g/mol. The molecule has 2 aliphatic rings. The Bertz CT molecular complexity index is 2510. The van der Waals surface area contributed by atoms with Crippen LogP contribution in [0.15, 0.2) is 109 Å². The average Bonchev–Trinajstić information content (AvgIpc) is 3.54. The maximum absolute atomic E-state index is 7.48. The summed E-state index contributed by atoms with van der Waals surface area (Å²) in [5.41, 5.74) is 13.5. The van der Waals surface area contributed by atoms with Crippen LogP contribution in [0.2, 0.25) is 0 Å². The van der Waals surface area contributed by atoms with Gasteiger partial charge in [0.15, 0.2) is 0 Å². The van der Waals surface area contributed by atoms with E-state index in [1.54, 1.807) is 0 Å².